The molecule has 4 aromatic rings. The Labute approximate surface area is 215 Å². The second-order valence-electron chi connectivity index (χ2n) is 8.88. The number of hydrogen-bond acceptors (Lipinski definition) is 6. The van der Waals surface area contributed by atoms with E-state index >= 15 is 0 Å². The molecule has 0 aliphatic heterocycles. The number of anilines is 1. The third-order valence-corrected chi connectivity index (χ3v) is 5.63. The number of fused-ring (bicyclic) bond motifs is 1. The molecule has 190 valence electrons. The first-order valence-corrected chi connectivity index (χ1v) is 12.3. The van der Waals surface area contributed by atoms with Crippen molar-refractivity contribution in [3.8, 4) is 5.75 Å². The van der Waals surface area contributed by atoms with Gasteiger partial charge in [0.2, 0.25) is 5.76 Å². The smallest absolute Gasteiger partial charge is 0.374 e. The Balaban J connectivity index is 1.38. The van der Waals surface area contributed by atoms with Gasteiger partial charge in [-0.2, -0.15) is 0 Å². The number of benzene rings is 3. The number of hydrogen-bond donors (Lipinski definition) is 1. The van der Waals surface area contributed by atoms with E-state index in [0.29, 0.717) is 17.9 Å². The maximum absolute atomic E-state index is 12.9. The van der Waals surface area contributed by atoms with E-state index in [1.165, 1.54) is 5.56 Å². The summed E-state index contributed by atoms with van der Waals surface area (Å²) < 4.78 is 16.6. The van der Waals surface area contributed by atoms with Crippen molar-refractivity contribution in [3.63, 3.8) is 0 Å². The first kappa shape index (κ1) is 25.7. The van der Waals surface area contributed by atoms with Crippen molar-refractivity contribution in [2.24, 2.45) is 0 Å². The molecule has 1 aromatic heterocycles. The summed E-state index contributed by atoms with van der Waals surface area (Å²) >= 11 is 0. The third-order valence-electron chi connectivity index (χ3n) is 5.63. The Morgan fingerprint density at radius 2 is 1.68 bits per heavy atom. The van der Waals surface area contributed by atoms with Crippen LogP contribution in [-0.4, -0.2) is 24.6 Å². The Kier molecular flexibility index (Phi) is 8.36. The maximum atomic E-state index is 12.9. The van der Waals surface area contributed by atoms with E-state index in [9.17, 15) is 14.4 Å². The fraction of sp³-hybridized carbons (Fsp3) is 0.233. The molecule has 0 saturated heterocycles. The van der Waals surface area contributed by atoms with Gasteiger partial charge in [-0.25, -0.2) is 4.79 Å². The predicted octanol–water partition coefficient (Wildman–Crippen LogP) is 6.01. The van der Waals surface area contributed by atoms with Gasteiger partial charge in [0.05, 0.1) is 23.8 Å². The van der Waals surface area contributed by atoms with Crippen molar-refractivity contribution < 1.29 is 23.5 Å². The van der Waals surface area contributed by atoms with Gasteiger partial charge in [0.1, 0.15) is 5.75 Å². The quantitative estimate of drug-likeness (QED) is 0.212. The zero-order valence-corrected chi connectivity index (χ0v) is 20.9. The number of carbonyl (C=O) groups excluding carboxylic acids is 2. The van der Waals surface area contributed by atoms with Crippen LogP contribution in [-0.2, 0) is 11.2 Å². The number of para-hydroxylation sites is 1. The zero-order valence-electron chi connectivity index (χ0n) is 20.9. The van der Waals surface area contributed by atoms with Crippen LogP contribution in [0.2, 0.25) is 0 Å². The van der Waals surface area contributed by atoms with Crippen LogP contribution in [0.5, 0.6) is 5.75 Å². The summed E-state index contributed by atoms with van der Waals surface area (Å²) in [5.41, 5.74) is 1.70. The second-order valence-corrected chi connectivity index (χ2v) is 8.88. The largest absolute Gasteiger partial charge is 0.494 e. The van der Waals surface area contributed by atoms with Crippen LogP contribution in [0.1, 0.15) is 53.2 Å². The topological polar surface area (TPSA) is 94.8 Å². The molecule has 7 nitrogen and oxygen atoms in total. The molecule has 0 bridgehead atoms. The Morgan fingerprint density at radius 3 is 2.41 bits per heavy atom. The van der Waals surface area contributed by atoms with Gasteiger partial charge in [-0.1, -0.05) is 36.4 Å². The average Bonchev–Trinajstić information content (AvgIpc) is 2.89. The number of amides is 1. The molecule has 3 aromatic carbocycles. The van der Waals surface area contributed by atoms with Gasteiger partial charge in [-0.15, -0.1) is 0 Å². The molecule has 37 heavy (non-hydrogen) atoms. The molecule has 0 atom stereocenters. The summed E-state index contributed by atoms with van der Waals surface area (Å²) in [6.45, 7) is 3.99. The highest BCUT2D eigenvalue weighted by Crippen LogP contribution is 2.24. The van der Waals surface area contributed by atoms with Crippen LogP contribution in [0.3, 0.4) is 0 Å². The highest BCUT2D eigenvalue weighted by molar-refractivity contribution is 6.08. The summed E-state index contributed by atoms with van der Waals surface area (Å²) in [4.78, 5) is 37.7. The molecule has 4 rings (SSSR count). The van der Waals surface area contributed by atoms with Crippen LogP contribution >= 0.6 is 0 Å². The Morgan fingerprint density at radius 1 is 0.919 bits per heavy atom. The molecule has 7 heteroatoms. The normalized spacial score (nSPS) is 10.9. The molecule has 0 unspecified atom stereocenters. The number of esters is 1. The lowest BCUT2D eigenvalue weighted by molar-refractivity contribution is 0.0342. The van der Waals surface area contributed by atoms with Crippen LogP contribution in [0.15, 0.2) is 88.1 Å². The van der Waals surface area contributed by atoms with Crippen molar-refractivity contribution >= 4 is 28.5 Å². The molecule has 0 aliphatic rings. The molecule has 0 radical (unpaired) electrons. The summed E-state index contributed by atoms with van der Waals surface area (Å²) in [7, 11) is 0. The fourth-order valence-corrected chi connectivity index (χ4v) is 3.81. The first-order chi connectivity index (χ1) is 17.9. The molecule has 0 aliphatic carbocycles. The number of unbranched alkanes of at least 4 members (excludes halogenated alkanes) is 1. The molecular formula is C30H29NO6. The van der Waals surface area contributed by atoms with E-state index < -0.39 is 11.4 Å². The fourth-order valence-electron chi connectivity index (χ4n) is 3.81. The molecule has 0 spiro atoms. The molecule has 1 amide bonds. The van der Waals surface area contributed by atoms with Crippen molar-refractivity contribution in [2.45, 2.75) is 39.2 Å². The van der Waals surface area contributed by atoms with Crippen LogP contribution in [0.4, 0.5) is 5.69 Å². The van der Waals surface area contributed by atoms with Crippen molar-refractivity contribution in [3.05, 3.63) is 106 Å². The SMILES string of the molecule is CC(C)OC(=O)c1cc(=O)c2cccc(NC(=O)c3ccc(OCCCCc4ccccc4)cc3)c2o1. The lowest BCUT2D eigenvalue weighted by Crippen LogP contribution is -2.16. The number of rotatable bonds is 10. The molecule has 1 heterocycles. The molecule has 1 N–H and O–H groups in total. The van der Waals surface area contributed by atoms with Crippen LogP contribution < -0.4 is 15.5 Å². The highest BCUT2D eigenvalue weighted by atomic mass is 16.6. The Hall–Kier alpha value is -4.39. The number of carbonyl (C=O) groups is 2. The van der Waals surface area contributed by atoms with E-state index in [4.69, 9.17) is 13.9 Å². The summed E-state index contributed by atoms with van der Waals surface area (Å²) in [5.74, 6) is -0.676. The van der Waals surface area contributed by atoms with Gasteiger partial charge in [-0.3, -0.25) is 9.59 Å². The van der Waals surface area contributed by atoms with E-state index in [1.54, 1.807) is 56.3 Å². The van der Waals surface area contributed by atoms with Gasteiger partial charge >= 0.3 is 5.97 Å². The third kappa shape index (κ3) is 6.85. The van der Waals surface area contributed by atoms with Gasteiger partial charge in [0.25, 0.3) is 5.91 Å². The van der Waals surface area contributed by atoms with E-state index in [0.717, 1.165) is 25.3 Å². The number of ether oxygens (including phenoxy) is 2. The lowest BCUT2D eigenvalue weighted by Gasteiger charge is -2.11. The second kappa shape index (κ2) is 12.0. The van der Waals surface area contributed by atoms with E-state index in [2.05, 4.69) is 17.4 Å². The first-order valence-electron chi connectivity index (χ1n) is 12.3. The minimum Gasteiger partial charge on any atom is -0.494 e. The van der Waals surface area contributed by atoms with Crippen LogP contribution in [0, 0.1) is 0 Å². The van der Waals surface area contributed by atoms with Crippen LogP contribution in [0.25, 0.3) is 11.0 Å². The monoisotopic (exact) mass is 499 g/mol. The maximum Gasteiger partial charge on any atom is 0.374 e. The van der Waals surface area contributed by atoms with Crippen molar-refractivity contribution in [1.29, 1.82) is 0 Å². The van der Waals surface area contributed by atoms with Gasteiger partial charge in [0, 0.05) is 11.6 Å². The van der Waals surface area contributed by atoms with E-state index in [-0.39, 0.29) is 34.4 Å². The zero-order chi connectivity index (χ0) is 26.2. The highest BCUT2D eigenvalue weighted by Gasteiger charge is 2.18. The van der Waals surface area contributed by atoms with Gasteiger partial charge < -0.3 is 19.2 Å². The Bertz CT molecular complexity index is 1420. The minimum atomic E-state index is -0.745. The van der Waals surface area contributed by atoms with Gasteiger partial charge in [-0.05, 0) is 75.1 Å². The molecule has 0 saturated carbocycles. The predicted molar refractivity (Wildman–Crippen MR) is 142 cm³/mol. The van der Waals surface area contributed by atoms with E-state index in [1.807, 2.05) is 18.2 Å². The van der Waals surface area contributed by atoms with Crippen molar-refractivity contribution in [1.82, 2.24) is 0 Å². The summed E-state index contributed by atoms with van der Waals surface area (Å²) in [6, 6.07) is 23.1. The number of nitrogens with one attached hydrogen (secondary N) is 1. The lowest BCUT2D eigenvalue weighted by atomic mass is 10.1. The summed E-state index contributed by atoms with van der Waals surface area (Å²) in [6.07, 6.45) is 2.60. The van der Waals surface area contributed by atoms with Crippen molar-refractivity contribution in [2.75, 3.05) is 11.9 Å². The number of aryl methyl sites for hydroxylation is 1. The standard InChI is InChI=1S/C30H29NO6/c1-20(2)36-30(34)27-19-26(32)24-12-8-13-25(28(24)37-27)31-29(33)22-14-16-23(17-15-22)35-18-7-6-11-21-9-4-3-5-10-21/h3-5,8-10,12-17,19-20H,6-7,11,18H2,1-2H3,(H,31,33). The minimum absolute atomic E-state index is 0.106. The molecular weight excluding hydrogens is 470 g/mol. The average molecular weight is 500 g/mol. The summed E-state index contributed by atoms with van der Waals surface area (Å²) in [5, 5.41) is 3.01. The van der Waals surface area contributed by atoms with Gasteiger partial charge in [0.15, 0.2) is 11.0 Å². The molecule has 0 fully saturated rings.